The molecule has 0 fully saturated rings. The van der Waals surface area contributed by atoms with Crippen LogP contribution >= 0.6 is 0 Å². The Bertz CT molecular complexity index is 98.3. The summed E-state index contributed by atoms with van der Waals surface area (Å²) in [5, 5.41) is 0. The molecular weight excluding hydrogens is 90.1 g/mol. The van der Waals surface area contributed by atoms with Gasteiger partial charge in [-0.15, -0.1) is 0 Å². The van der Waals surface area contributed by atoms with Gasteiger partial charge in [-0.3, -0.25) is 10.3 Å². The highest BCUT2D eigenvalue weighted by atomic mass is 16.7. The second-order valence-electron chi connectivity index (χ2n) is 1.77. The summed E-state index contributed by atoms with van der Waals surface area (Å²) in [6, 6.07) is 0. The average molecular weight is 99.1 g/mol. The predicted molar refractivity (Wildman–Crippen MR) is 27.4 cm³/mol. The minimum Gasteiger partial charge on any atom is -0.274 e. The second kappa shape index (κ2) is 1.54. The van der Waals surface area contributed by atoms with Crippen LogP contribution in [-0.2, 0) is 4.84 Å². The monoisotopic (exact) mass is 99.1 g/mol. The Morgan fingerprint density at radius 3 is 2.71 bits per heavy atom. The van der Waals surface area contributed by atoms with Gasteiger partial charge in [0.15, 0.2) is 0 Å². The lowest BCUT2D eigenvalue weighted by atomic mass is 10.2. The van der Waals surface area contributed by atoms with Crippen molar-refractivity contribution in [2.45, 2.75) is 20.0 Å². The quantitative estimate of drug-likeness (QED) is 0.485. The summed E-state index contributed by atoms with van der Waals surface area (Å²) in [7, 11) is 0. The van der Waals surface area contributed by atoms with E-state index in [-0.39, 0.29) is 6.10 Å². The third-order valence-electron chi connectivity index (χ3n) is 1.17. The molecule has 1 rings (SSSR count). The fourth-order valence-electron chi connectivity index (χ4n) is 0.439. The van der Waals surface area contributed by atoms with Gasteiger partial charge in [0.05, 0.1) is 0 Å². The maximum absolute atomic E-state index is 4.92. The summed E-state index contributed by atoms with van der Waals surface area (Å²) >= 11 is 0. The molecule has 1 aliphatic heterocycles. The first-order chi connectivity index (χ1) is 3.30. The molecule has 1 heterocycles. The zero-order valence-corrected chi connectivity index (χ0v) is 4.56. The molecule has 1 unspecified atom stereocenters. The van der Waals surface area contributed by atoms with Gasteiger partial charge in [-0.25, -0.2) is 0 Å². The Morgan fingerprint density at radius 1 is 1.86 bits per heavy atom. The van der Waals surface area contributed by atoms with Gasteiger partial charge in [-0.05, 0) is 19.4 Å². The molecule has 0 aromatic rings. The second-order valence-corrected chi connectivity index (χ2v) is 1.77. The fraction of sp³-hybridized carbons (Fsp3) is 0.600. The van der Waals surface area contributed by atoms with Gasteiger partial charge in [0.2, 0.25) is 0 Å². The van der Waals surface area contributed by atoms with E-state index in [1.54, 1.807) is 0 Å². The highest BCUT2D eigenvalue weighted by molar-refractivity contribution is 5.04. The molecule has 0 aromatic heterocycles. The highest BCUT2D eigenvalue weighted by Gasteiger charge is 2.08. The Kier molecular flexibility index (Phi) is 1.02. The Labute approximate surface area is 43.1 Å². The van der Waals surface area contributed by atoms with Crippen LogP contribution in [0.25, 0.3) is 0 Å². The minimum absolute atomic E-state index is 0.264. The first-order valence-corrected chi connectivity index (χ1v) is 2.38. The Balaban J connectivity index is 2.54. The van der Waals surface area contributed by atoms with E-state index in [1.807, 2.05) is 20.0 Å². The first-order valence-electron chi connectivity index (χ1n) is 2.38. The molecule has 0 aromatic carbocycles. The van der Waals surface area contributed by atoms with E-state index >= 15 is 0 Å². The lowest BCUT2D eigenvalue weighted by Gasteiger charge is -1.98. The van der Waals surface area contributed by atoms with Crippen molar-refractivity contribution in [2.75, 3.05) is 0 Å². The summed E-state index contributed by atoms with van der Waals surface area (Å²) < 4.78 is 0. The number of hydroxylamine groups is 1. The zero-order valence-electron chi connectivity index (χ0n) is 4.56. The van der Waals surface area contributed by atoms with Crippen molar-refractivity contribution >= 4 is 0 Å². The number of hydrogen-bond acceptors (Lipinski definition) is 2. The van der Waals surface area contributed by atoms with E-state index in [1.165, 1.54) is 5.57 Å². The number of rotatable bonds is 0. The van der Waals surface area contributed by atoms with Crippen molar-refractivity contribution in [1.29, 1.82) is 0 Å². The maximum atomic E-state index is 4.92. The molecule has 0 radical (unpaired) electrons. The Morgan fingerprint density at radius 2 is 2.57 bits per heavy atom. The van der Waals surface area contributed by atoms with Crippen molar-refractivity contribution in [3.8, 4) is 0 Å². The largest absolute Gasteiger partial charge is 0.274 e. The normalized spacial score (nSPS) is 29.4. The van der Waals surface area contributed by atoms with E-state index in [4.69, 9.17) is 4.84 Å². The van der Waals surface area contributed by atoms with Crippen molar-refractivity contribution in [2.24, 2.45) is 0 Å². The maximum Gasteiger partial charge on any atom is 0.105 e. The van der Waals surface area contributed by atoms with Gasteiger partial charge in [-0.1, -0.05) is 0 Å². The van der Waals surface area contributed by atoms with Crippen LogP contribution < -0.4 is 5.48 Å². The van der Waals surface area contributed by atoms with Crippen LogP contribution in [0.2, 0.25) is 0 Å². The molecule has 0 bridgehead atoms. The van der Waals surface area contributed by atoms with Gasteiger partial charge in [-0.2, -0.15) is 0 Å². The average Bonchev–Trinajstić information content (AvgIpc) is 1.91. The molecule has 1 atom stereocenters. The molecule has 1 N–H and O–H groups in total. The molecule has 0 saturated heterocycles. The van der Waals surface area contributed by atoms with Crippen molar-refractivity contribution in [1.82, 2.24) is 5.48 Å². The topological polar surface area (TPSA) is 21.3 Å². The molecule has 0 aliphatic carbocycles. The van der Waals surface area contributed by atoms with Crippen LogP contribution in [-0.4, -0.2) is 6.10 Å². The van der Waals surface area contributed by atoms with Crippen LogP contribution in [0, 0.1) is 0 Å². The van der Waals surface area contributed by atoms with E-state index in [9.17, 15) is 0 Å². The summed E-state index contributed by atoms with van der Waals surface area (Å²) in [4.78, 5) is 4.92. The zero-order chi connectivity index (χ0) is 5.28. The van der Waals surface area contributed by atoms with Gasteiger partial charge >= 0.3 is 0 Å². The standard InChI is InChI=1S/C5H9NO/c1-4-3-6-7-5(4)2/h3,5-6H,1-2H3. The Hall–Kier alpha value is -0.500. The lowest BCUT2D eigenvalue weighted by molar-refractivity contribution is 0.0543. The van der Waals surface area contributed by atoms with Gasteiger partial charge < -0.3 is 0 Å². The first kappa shape index (κ1) is 4.65. The molecule has 2 nitrogen and oxygen atoms in total. The third-order valence-corrected chi connectivity index (χ3v) is 1.17. The van der Waals surface area contributed by atoms with Crippen LogP contribution in [0.15, 0.2) is 11.8 Å². The van der Waals surface area contributed by atoms with Crippen LogP contribution in [0.5, 0.6) is 0 Å². The molecule has 1 aliphatic rings. The smallest absolute Gasteiger partial charge is 0.105 e. The van der Waals surface area contributed by atoms with E-state index in [2.05, 4.69) is 5.48 Å². The lowest BCUT2D eigenvalue weighted by Crippen LogP contribution is -2.06. The van der Waals surface area contributed by atoms with E-state index < -0.39 is 0 Å². The van der Waals surface area contributed by atoms with Crippen molar-refractivity contribution in [3.63, 3.8) is 0 Å². The summed E-state index contributed by atoms with van der Waals surface area (Å²) in [6.07, 6.45) is 2.13. The summed E-state index contributed by atoms with van der Waals surface area (Å²) in [5.41, 5.74) is 3.91. The molecule has 0 saturated carbocycles. The van der Waals surface area contributed by atoms with E-state index in [0.717, 1.165) is 0 Å². The number of hydrogen-bond donors (Lipinski definition) is 1. The van der Waals surface area contributed by atoms with Crippen LogP contribution in [0.3, 0.4) is 0 Å². The predicted octanol–water partition coefficient (Wildman–Crippen LogP) is 0.814. The number of nitrogens with one attached hydrogen (secondary N) is 1. The van der Waals surface area contributed by atoms with Gasteiger partial charge in [0.25, 0.3) is 0 Å². The van der Waals surface area contributed by atoms with Crippen LogP contribution in [0.4, 0.5) is 0 Å². The molecule has 0 spiro atoms. The van der Waals surface area contributed by atoms with Gasteiger partial charge in [0.1, 0.15) is 6.10 Å². The van der Waals surface area contributed by atoms with E-state index in [0.29, 0.717) is 0 Å². The van der Waals surface area contributed by atoms with Crippen LogP contribution in [0.1, 0.15) is 13.8 Å². The molecule has 7 heavy (non-hydrogen) atoms. The fourth-order valence-corrected chi connectivity index (χ4v) is 0.439. The highest BCUT2D eigenvalue weighted by Crippen LogP contribution is 2.07. The molecule has 2 heteroatoms. The summed E-state index contributed by atoms with van der Waals surface area (Å²) in [5.74, 6) is 0. The molecule has 40 valence electrons. The third kappa shape index (κ3) is 0.747. The summed E-state index contributed by atoms with van der Waals surface area (Å²) in [6.45, 7) is 4.04. The van der Waals surface area contributed by atoms with Crippen molar-refractivity contribution in [3.05, 3.63) is 11.8 Å². The van der Waals surface area contributed by atoms with Crippen molar-refractivity contribution < 1.29 is 4.84 Å². The SMILES string of the molecule is CC1=CNOC1C. The minimum atomic E-state index is 0.264. The van der Waals surface area contributed by atoms with Gasteiger partial charge in [0, 0.05) is 6.20 Å². The molecular formula is C5H9NO. The molecule has 0 amide bonds.